The lowest BCUT2D eigenvalue weighted by Gasteiger charge is -2.26. The fourth-order valence-electron chi connectivity index (χ4n) is 2.41. The van der Waals surface area contributed by atoms with E-state index in [2.05, 4.69) is 26.1 Å². The van der Waals surface area contributed by atoms with Crippen LogP contribution in [0.1, 0.15) is 24.9 Å². The van der Waals surface area contributed by atoms with Crippen LogP contribution >= 0.6 is 15.9 Å². The van der Waals surface area contributed by atoms with Crippen molar-refractivity contribution in [1.82, 2.24) is 10.2 Å². The maximum atomic E-state index is 13.8. The van der Waals surface area contributed by atoms with Gasteiger partial charge in [0.2, 0.25) is 0 Å². The molecule has 0 amide bonds. The van der Waals surface area contributed by atoms with Crippen LogP contribution in [0.4, 0.5) is 4.39 Å². The standard InChI is InChI=1S/C15H22BrFN2O/c1-12(14-4-3-13(16)11-15(14)17)18-5-2-6-19-7-9-20-10-8-19/h3-4,11-12,18H,2,5-10H2,1H3. The number of nitrogens with one attached hydrogen (secondary N) is 1. The molecule has 1 unspecified atom stereocenters. The van der Waals surface area contributed by atoms with Gasteiger partial charge in [0.25, 0.3) is 0 Å². The Kier molecular flexibility index (Phi) is 6.42. The van der Waals surface area contributed by atoms with E-state index in [1.54, 1.807) is 0 Å². The second-order valence-corrected chi connectivity index (χ2v) is 6.06. The van der Waals surface area contributed by atoms with Crippen molar-refractivity contribution in [3.8, 4) is 0 Å². The third-order valence-corrected chi connectivity index (χ3v) is 4.13. The Balaban J connectivity index is 1.70. The summed E-state index contributed by atoms with van der Waals surface area (Å²) in [5.74, 6) is -0.160. The summed E-state index contributed by atoms with van der Waals surface area (Å²) >= 11 is 3.28. The van der Waals surface area contributed by atoms with Crippen LogP contribution in [0, 0.1) is 5.82 Å². The number of hydrogen-bond donors (Lipinski definition) is 1. The first kappa shape index (κ1) is 15.9. The molecule has 1 aliphatic rings. The lowest BCUT2D eigenvalue weighted by atomic mass is 10.1. The summed E-state index contributed by atoms with van der Waals surface area (Å²) in [5, 5.41) is 3.39. The lowest BCUT2D eigenvalue weighted by Crippen LogP contribution is -2.37. The molecule has 112 valence electrons. The topological polar surface area (TPSA) is 24.5 Å². The van der Waals surface area contributed by atoms with Gasteiger partial charge < -0.3 is 10.1 Å². The number of morpholine rings is 1. The van der Waals surface area contributed by atoms with Crippen molar-refractivity contribution in [1.29, 1.82) is 0 Å². The van der Waals surface area contributed by atoms with Crippen molar-refractivity contribution in [3.05, 3.63) is 34.1 Å². The van der Waals surface area contributed by atoms with Crippen LogP contribution in [0.5, 0.6) is 0 Å². The molecule has 1 aromatic rings. The molecule has 1 saturated heterocycles. The monoisotopic (exact) mass is 344 g/mol. The van der Waals surface area contributed by atoms with Crippen molar-refractivity contribution < 1.29 is 9.13 Å². The largest absolute Gasteiger partial charge is 0.379 e. The summed E-state index contributed by atoms with van der Waals surface area (Å²) in [6, 6.07) is 5.26. The molecule has 0 spiro atoms. The fraction of sp³-hybridized carbons (Fsp3) is 0.600. The number of hydrogen-bond acceptors (Lipinski definition) is 3. The normalized spacial score (nSPS) is 18.1. The zero-order chi connectivity index (χ0) is 14.4. The van der Waals surface area contributed by atoms with Gasteiger partial charge in [0.1, 0.15) is 5.82 Å². The molecule has 2 rings (SSSR count). The SMILES string of the molecule is CC(NCCCN1CCOCC1)c1ccc(Br)cc1F. The van der Waals surface area contributed by atoms with Crippen molar-refractivity contribution in [2.75, 3.05) is 39.4 Å². The molecule has 0 saturated carbocycles. The predicted molar refractivity (Wildman–Crippen MR) is 82.4 cm³/mol. The smallest absolute Gasteiger partial charge is 0.129 e. The van der Waals surface area contributed by atoms with Crippen LogP contribution < -0.4 is 5.32 Å². The minimum Gasteiger partial charge on any atom is -0.379 e. The molecule has 1 aliphatic heterocycles. The minimum atomic E-state index is -0.160. The maximum absolute atomic E-state index is 13.8. The number of nitrogens with zero attached hydrogens (tertiary/aromatic N) is 1. The third-order valence-electron chi connectivity index (χ3n) is 3.63. The van der Waals surface area contributed by atoms with E-state index in [4.69, 9.17) is 4.74 Å². The first-order valence-electron chi connectivity index (χ1n) is 7.15. The molecular formula is C15H22BrFN2O. The summed E-state index contributed by atoms with van der Waals surface area (Å²) in [6.45, 7) is 7.70. The van der Waals surface area contributed by atoms with E-state index in [-0.39, 0.29) is 11.9 Å². The van der Waals surface area contributed by atoms with Gasteiger partial charge >= 0.3 is 0 Å². The molecule has 1 atom stereocenters. The van der Waals surface area contributed by atoms with Gasteiger partial charge in [-0.05, 0) is 38.6 Å². The zero-order valence-corrected chi connectivity index (χ0v) is 13.5. The van der Waals surface area contributed by atoms with E-state index in [0.29, 0.717) is 0 Å². The molecule has 1 heterocycles. The van der Waals surface area contributed by atoms with Gasteiger partial charge in [-0.2, -0.15) is 0 Å². The van der Waals surface area contributed by atoms with Crippen LogP contribution in [0.15, 0.2) is 22.7 Å². The van der Waals surface area contributed by atoms with E-state index in [1.807, 2.05) is 19.1 Å². The highest BCUT2D eigenvalue weighted by atomic mass is 79.9. The van der Waals surface area contributed by atoms with Crippen molar-refractivity contribution in [2.24, 2.45) is 0 Å². The van der Waals surface area contributed by atoms with Gasteiger partial charge in [0, 0.05) is 29.2 Å². The first-order chi connectivity index (χ1) is 9.66. The molecule has 0 aliphatic carbocycles. The van der Waals surface area contributed by atoms with Crippen LogP contribution in [-0.4, -0.2) is 44.3 Å². The van der Waals surface area contributed by atoms with Crippen LogP contribution in [-0.2, 0) is 4.74 Å². The third kappa shape index (κ3) is 4.81. The summed E-state index contributed by atoms with van der Waals surface area (Å²) < 4.78 is 19.9. The molecule has 0 bridgehead atoms. The molecule has 3 nitrogen and oxygen atoms in total. The zero-order valence-electron chi connectivity index (χ0n) is 11.9. The minimum absolute atomic E-state index is 0.0350. The molecule has 20 heavy (non-hydrogen) atoms. The van der Waals surface area contributed by atoms with Crippen LogP contribution in [0.3, 0.4) is 0 Å². The van der Waals surface area contributed by atoms with Gasteiger partial charge in [-0.3, -0.25) is 4.90 Å². The Morgan fingerprint density at radius 1 is 1.40 bits per heavy atom. The Morgan fingerprint density at radius 2 is 2.15 bits per heavy atom. The summed E-state index contributed by atoms with van der Waals surface area (Å²) in [4.78, 5) is 2.41. The van der Waals surface area contributed by atoms with Crippen molar-refractivity contribution in [2.45, 2.75) is 19.4 Å². The highest BCUT2D eigenvalue weighted by Gasteiger charge is 2.12. The van der Waals surface area contributed by atoms with E-state index in [1.165, 1.54) is 6.07 Å². The van der Waals surface area contributed by atoms with Gasteiger partial charge in [0.05, 0.1) is 13.2 Å². The van der Waals surface area contributed by atoms with Gasteiger partial charge in [-0.1, -0.05) is 22.0 Å². The van der Waals surface area contributed by atoms with E-state index in [9.17, 15) is 4.39 Å². The molecule has 0 radical (unpaired) electrons. The van der Waals surface area contributed by atoms with Gasteiger partial charge in [-0.25, -0.2) is 4.39 Å². The lowest BCUT2D eigenvalue weighted by molar-refractivity contribution is 0.0374. The van der Waals surface area contributed by atoms with Gasteiger partial charge in [0.15, 0.2) is 0 Å². The maximum Gasteiger partial charge on any atom is 0.129 e. The molecular weight excluding hydrogens is 323 g/mol. The Bertz CT molecular complexity index is 424. The summed E-state index contributed by atoms with van der Waals surface area (Å²) in [6.07, 6.45) is 1.07. The highest BCUT2D eigenvalue weighted by molar-refractivity contribution is 9.10. The predicted octanol–water partition coefficient (Wildman–Crippen LogP) is 2.96. The highest BCUT2D eigenvalue weighted by Crippen LogP contribution is 2.20. The number of benzene rings is 1. The Morgan fingerprint density at radius 3 is 2.85 bits per heavy atom. The second-order valence-electron chi connectivity index (χ2n) is 5.15. The number of ether oxygens (including phenoxy) is 1. The fourth-order valence-corrected chi connectivity index (χ4v) is 2.74. The molecule has 0 aromatic heterocycles. The molecule has 1 fully saturated rings. The summed E-state index contributed by atoms with van der Waals surface area (Å²) in [7, 11) is 0. The quantitative estimate of drug-likeness (QED) is 0.803. The Labute approximate surface area is 128 Å². The van der Waals surface area contributed by atoms with Gasteiger partial charge in [-0.15, -0.1) is 0 Å². The first-order valence-corrected chi connectivity index (χ1v) is 7.94. The van der Waals surface area contributed by atoms with Crippen LogP contribution in [0.2, 0.25) is 0 Å². The second kappa shape index (κ2) is 8.08. The summed E-state index contributed by atoms with van der Waals surface area (Å²) in [5.41, 5.74) is 0.722. The number of rotatable bonds is 6. The average molecular weight is 345 g/mol. The molecule has 1 N–H and O–H groups in total. The van der Waals surface area contributed by atoms with Crippen molar-refractivity contribution in [3.63, 3.8) is 0 Å². The van der Waals surface area contributed by atoms with E-state index >= 15 is 0 Å². The van der Waals surface area contributed by atoms with Crippen molar-refractivity contribution >= 4 is 15.9 Å². The Hall–Kier alpha value is -0.490. The number of halogens is 2. The van der Waals surface area contributed by atoms with E-state index in [0.717, 1.165) is 55.8 Å². The molecule has 1 aromatic carbocycles. The van der Waals surface area contributed by atoms with E-state index < -0.39 is 0 Å². The average Bonchev–Trinajstić information content (AvgIpc) is 2.44. The van der Waals surface area contributed by atoms with Crippen LogP contribution in [0.25, 0.3) is 0 Å². The molecule has 5 heteroatoms.